The third-order valence-corrected chi connectivity index (χ3v) is 3.57. The Labute approximate surface area is 122 Å². The average molecular weight is 287 g/mol. The molecule has 1 rings (SSSR count). The van der Waals surface area contributed by atoms with Crippen molar-refractivity contribution in [1.82, 2.24) is 5.32 Å². The van der Waals surface area contributed by atoms with Gasteiger partial charge >= 0.3 is 5.97 Å². The van der Waals surface area contributed by atoms with E-state index in [1.54, 1.807) is 7.11 Å². The summed E-state index contributed by atoms with van der Waals surface area (Å²) in [6, 6.07) is 0. The lowest BCUT2D eigenvalue weighted by Crippen LogP contribution is -2.58. The van der Waals surface area contributed by atoms with Crippen LogP contribution in [0.15, 0.2) is 0 Å². The summed E-state index contributed by atoms with van der Waals surface area (Å²) in [6.45, 7) is 6.82. The van der Waals surface area contributed by atoms with E-state index in [1.807, 2.05) is 6.92 Å². The summed E-state index contributed by atoms with van der Waals surface area (Å²) >= 11 is 0. The van der Waals surface area contributed by atoms with Gasteiger partial charge in [-0.1, -0.05) is 6.92 Å². The number of ether oxygens (including phenoxy) is 3. The quantitative estimate of drug-likeness (QED) is 0.438. The molecule has 0 bridgehead atoms. The standard InChI is InChI=1S/C15H29NO4/c1-4-9-16-15(13-7-8-13,14(17)20-5-2)12-19-11-6-10-18-3/h13,16H,4-12H2,1-3H3. The van der Waals surface area contributed by atoms with Gasteiger partial charge in [0.05, 0.1) is 13.2 Å². The van der Waals surface area contributed by atoms with Crippen LogP contribution in [0, 0.1) is 5.92 Å². The van der Waals surface area contributed by atoms with Crippen LogP contribution in [-0.4, -0.2) is 51.6 Å². The number of methoxy groups -OCH3 is 1. The Morgan fingerprint density at radius 1 is 1.30 bits per heavy atom. The van der Waals surface area contributed by atoms with Crippen LogP contribution >= 0.6 is 0 Å². The molecular formula is C15H29NO4. The smallest absolute Gasteiger partial charge is 0.329 e. The summed E-state index contributed by atoms with van der Waals surface area (Å²) in [5.41, 5.74) is -0.654. The van der Waals surface area contributed by atoms with Crippen LogP contribution in [0.5, 0.6) is 0 Å². The van der Waals surface area contributed by atoms with Crippen molar-refractivity contribution in [2.75, 3.05) is 40.1 Å². The zero-order valence-corrected chi connectivity index (χ0v) is 13.1. The first-order chi connectivity index (χ1) is 9.71. The van der Waals surface area contributed by atoms with Gasteiger partial charge in [-0.15, -0.1) is 0 Å². The van der Waals surface area contributed by atoms with Crippen molar-refractivity contribution < 1.29 is 19.0 Å². The third-order valence-electron chi connectivity index (χ3n) is 3.57. The normalized spacial score (nSPS) is 17.8. The van der Waals surface area contributed by atoms with Crippen molar-refractivity contribution in [3.8, 4) is 0 Å². The monoisotopic (exact) mass is 287 g/mol. The van der Waals surface area contributed by atoms with Gasteiger partial charge in [0.1, 0.15) is 5.54 Å². The molecule has 0 saturated heterocycles. The average Bonchev–Trinajstić information content (AvgIpc) is 3.27. The predicted octanol–water partition coefficient (Wildman–Crippen LogP) is 1.75. The molecule has 0 aromatic carbocycles. The van der Waals surface area contributed by atoms with Crippen LogP contribution in [0.2, 0.25) is 0 Å². The maximum Gasteiger partial charge on any atom is 0.329 e. The van der Waals surface area contributed by atoms with Crippen molar-refractivity contribution >= 4 is 5.97 Å². The highest BCUT2D eigenvalue weighted by atomic mass is 16.5. The number of nitrogens with one attached hydrogen (secondary N) is 1. The molecule has 0 heterocycles. The summed E-state index contributed by atoms with van der Waals surface area (Å²) in [5, 5.41) is 3.39. The number of hydrogen-bond donors (Lipinski definition) is 1. The molecule has 0 aromatic heterocycles. The van der Waals surface area contributed by atoms with Gasteiger partial charge in [-0.3, -0.25) is 5.32 Å². The van der Waals surface area contributed by atoms with E-state index in [-0.39, 0.29) is 5.97 Å². The molecule has 5 nitrogen and oxygen atoms in total. The lowest BCUT2D eigenvalue weighted by molar-refractivity contribution is -0.155. The largest absolute Gasteiger partial charge is 0.465 e. The molecule has 1 atom stereocenters. The van der Waals surface area contributed by atoms with E-state index in [2.05, 4.69) is 12.2 Å². The van der Waals surface area contributed by atoms with Crippen LogP contribution in [0.3, 0.4) is 0 Å². The summed E-state index contributed by atoms with van der Waals surface area (Å²) in [5.74, 6) is 0.179. The van der Waals surface area contributed by atoms with Gasteiger partial charge in [-0.25, -0.2) is 4.79 Å². The Balaban J connectivity index is 2.57. The molecule has 20 heavy (non-hydrogen) atoms. The Bertz CT molecular complexity index is 281. The van der Waals surface area contributed by atoms with Crippen LogP contribution in [0.25, 0.3) is 0 Å². The molecule has 1 aliphatic rings. The van der Waals surface area contributed by atoms with E-state index in [4.69, 9.17) is 14.2 Å². The lowest BCUT2D eigenvalue weighted by atomic mass is 9.94. The Hall–Kier alpha value is -0.650. The third kappa shape index (κ3) is 5.04. The fourth-order valence-corrected chi connectivity index (χ4v) is 2.33. The number of hydrogen-bond acceptors (Lipinski definition) is 5. The van der Waals surface area contributed by atoms with E-state index in [1.165, 1.54) is 0 Å². The number of carbonyl (C=O) groups is 1. The van der Waals surface area contributed by atoms with Crippen molar-refractivity contribution in [3.05, 3.63) is 0 Å². The molecule has 1 unspecified atom stereocenters. The second-order valence-corrected chi connectivity index (χ2v) is 5.29. The zero-order valence-electron chi connectivity index (χ0n) is 13.1. The highest BCUT2D eigenvalue weighted by molar-refractivity contribution is 5.82. The van der Waals surface area contributed by atoms with Gasteiger partial charge in [0.15, 0.2) is 0 Å². The molecule has 5 heteroatoms. The number of rotatable bonds is 12. The maximum absolute atomic E-state index is 12.4. The SMILES string of the molecule is CCCNC(COCCCOC)(C(=O)OCC)C1CC1. The molecule has 1 N–H and O–H groups in total. The van der Waals surface area contributed by atoms with Gasteiger partial charge in [-0.2, -0.15) is 0 Å². The van der Waals surface area contributed by atoms with Crippen LogP contribution in [0.1, 0.15) is 39.5 Å². The van der Waals surface area contributed by atoms with E-state index >= 15 is 0 Å². The van der Waals surface area contributed by atoms with Gasteiger partial charge in [-0.05, 0) is 45.1 Å². The van der Waals surface area contributed by atoms with Crippen molar-refractivity contribution in [2.45, 2.75) is 45.1 Å². The topological polar surface area (TPSA) is 56.8 Å². The first-order valence-corrected chi connectivity index (χ1v) is 7.70. The fourth-order valence-electron chi connectivity index (χ4n) is 2.33. The second-order valence-electron chi connectivity index (χ2n) is 5.29. The molecule has 0 radical (unpaired) electrons. The summed E-state index contributed by atoms with van der Waals surface area (Å²) < 4.78 is 16.0. The van der Waals surface area contributed by atoms with E-state index in [9.17, 15) is 4.79 Å². The van der Waals surface area contributed by atoms with Crippen molar-refractivity contribution in [1.29, 1.82) is 0 Å². The fraction of sp³-hybridized carbons (Fsp3) is 0.933. The van der Waals surface area contributed by atoms with E-state index in [0.717, 1.165) is 32.2 Å². The van der Waals surface area contributed by atoms with E-state index in [0.29, 0.717) is 32.3 Å². The summed E-state index contributed by atoms with van der Waals surface area (Å²) in [7, 11) is 1.68. The van der Waals surface area contributed by atoms with Crippen LogP contribution in [0.4, 0.5) is 0 Å². The second kappa shape index (κ2) is 9.32. The minimum Gasteiger partial charge on any atom is -0.465 e. The summed E-state index contributed by atoms with van der Waals surface area (Å²) in [6.07, 6.45) is 3.96. The lowest BCUT2D eigenvalue weighted by Gasteiger charge is -2.32. The molecule has 1 fully saturated rings. The zero-order chi connectivity index (χ0) is 14.8. The van der Waals surface area contributed by atoms with Crippen molar-refractivity contribution in [2.24, 2.45) is 5.92 Å². The minimum absolute atomic E-state index is 0.164. The van der Waals surface area contributed by atoms with Gasteiger partial charge in [0.25, 0.3) is 0 Å². The molecule has 0 aromatic rings. The summed E-state index contributed by atoms with van der Waals surface area (Å²) in [4.78, 5) is 12.4. The maximum atomic E-state index is 12.4. The number of carbonyl (C=O) groups excluding carboxylic acids is 1. The Morgan fingerprint density at radius 2 is 2.05 bits per heavy atom. The Kier molecular flexibility index (Phi) is 8.11. The van der Waals surface area contributed by atoms with Crippen LogP contribution < -0.4 is 5.32 Å². The first kappa shape index (κ1) is 17.4. The van der Waals surface area contributed by atoms with Crippen LogP contribution in [-0.2, 0) is 19.0 Å². The highest BCUT2D eigenvalue weighted by Crippen LogP contribution is 2.40. The van der Waals surface area contributed by atoms with Gasteiger partial charge in [0, 0.05) is 20.3 Å². The molecule has 1 aliphatic carbocycles. The highest BCUT2D eigenvalue weighted by Gasteiger charge is 2.52. The molecule has 1 saturated carbocycles. The van der Waals surface area contributed by atoms with Gasteiger partial charge < -0.3 is 14.2 Å². The van der Waals surface area contributed by atoms with Crippen molar-refractivity contribution in [3.63, 3.8) is 0 Å². The number of esters is 1. The van der Waals surface area contributed by atoms with E-state index < -0.39 is 5.54 Å². The molecule has 118 valence electrons. The first-order valence-electron chi connectivity index (χ1n) is 7.70. The van der Waals surface area contributed by atoms with Gasteiger partial charge in [0.2, 0.25) is 0 Å². The molecule has 0 amide bonds. The molecular weight excluding hydrogens is 258 g/mol. The minimum atomic E-state index is -0.654. The predicted molar refractivity (Wildman–Crippen MR) is 77.7 cm³/mol. The Morgan fingerprint density at radius 3 is 2.60 bits per heavy atom. The molecule has 0 spiro atoms. The molecule has 0 aliphatic heterocycles.